The lowest BCUT2D eigenvalue weighted by Crippen LogP contribution is -2.02. The Kier molecular flexibility index (Phi) is 5.05. The van der Waals surface area contributed by atoms with Gasteiger partial charge in [-0.15, -0.1) is 0 Å². The Morgan fingerprint density at radius 2 is 1.75 bits per heavy atom. The van der Waals surface area contributed by atoms with Gasteiger partial charge in [0.15, 0.2) is 0 Å². The summed E-state index contributed by atoms with van der Waals surface area (Å²) < 4.78 is 11.0. The van der Waals surface area contributed by atoms with Crippen LogP contribution in [0.1, 0.15) is 18.1 Å². The molecule has 4 nitrogen and oxygen atoms in total. The molecule has 1 rings (SSSR count). The number of halogens is 1. The van der Waals surface area contributed by atoms with Crippen LogP contribution >= 0.6 is 15.9 Å². The molecule has 2 N–H and O–H groups in total. The first-order valence-electron chi connectivity index (χ1n) is 4.84. The second kappa shape index (κ2) is 6.08. The van der Waals surface area contributed by atoms with Gasteiger partial charge in [-0.25, -0.2) is 0 Å². The average Bonchev–Trinajstić information content (AvgIpc) is 2.29. The predicted octanol–water partition coefficient (Wildman–Crippen LogP) is 1.88. The highest BCUT2D eigenvalue weighted by Crippen LogP contribution is 2.37. The third-order valence-corrected chi connectivity index (χ3v) is 3.04. The Morgan fingerprint density at radius 3 is 2.12 bits per heavy atom. The highest BCUT2D eigenvalue weighted by atomic mass is 79.9. The minimum absolute atomic E-state index is 0.0676. The van der Waals surface area contributed by atoms with Gasteiger partial charge in [0.25, 0.3) is 0 Å². The van der Waals surface area contributed by atoms with Gasteiger partial charge in [-0.05, 0) is 33.6 Å². The minimum Gasteiger partial charge on any atom is -0.495 e. The zero-order valence-electron chi connectivity index (χ0n) is 9.24. The molecule has 1 unspecified atom stereocenters. The lowest BCUT2D eigenvalue weighted by atomic mass is 10.1. The SMILES string of the molecule is COc1cc(C(O)CCO)cc(OC)c1Br. The van der Waals surface area contributed by atoms with Gasteiger partial charge in [0.1, 0.15) is 16.0 Å². The molecule has 16 heavy (non-hydrogen) atoms. The summed E-state index contributed by atoms with van der Waals surface area (Å²) in [5.74, 6) is 1.18. The van der Waals surface area contributed by atoms with E-state index in [2.05, 4.69) is 15.9 Å². The molecule has 0 aliphatic carbocycles. The molecule has 0 heterocycles. The van der Waals surface area contributed by atoms with Crippen LogP contribution in [0.4, 0.5) is 0 Å². The van der Waals surface area contributed by atoms with Crippen molar-refractivity contribution in [3.63, 3.8) is 0 Å². The molecule has 0 aromatic heterocycles. The largest absolute Gasteiger partial charge is 0.495 e. The molecule has 0 amide bonds. The Labute approximate surface area is 103 Å². The smallest absolute Gasteiger partial charge is 0.137 e. The minimum atomic E-state index is -0.721. The number of rotatable bonds is 5. The van der Waals surface area contributed by atoms with Crippen LogP contribution in [-0.4, -0.2) is 31.0 Å². The fourth-order valence-electron chi connectivity index (χ4n) is 1.37. The van der Waals surface area contributed by atoms with E-state index in [4.69, 9.17) is 14.6 Å². The molecular formula is C11H15BrO4. The molecule has 0 saturated carbocycles. The van der Waals surface area contributed by atoms with Crippen molar-refractivity contribution in [1.29, 1.82) is 0 Å². The maximum absolute atomic E-state index is 9.76. The number of methoxy groups -OCH3 is 2. The molecule has 0 saturated heterocycles. The average molecular weight is 291 g/mol. The highest BCUT2D eigenvalue weighted by molar-refractivity contribution is 9.10. The van der Waals surface area contributed by atoms with E-state index in [9.17, 15) is 5.11 Å². The van der Waals surface area contributed by atoms with Gasteiger partial charge in [-0.2, -0.15) is 0 Å². The molecule has 0 spiro atoms. The van der Waals surface area contributed by atoms with Crippen LogP contribution in [0, 0.1) is 0 Å². The van der Waals surface area contributed by atoms with Gasteiger partial charge in [-0.1, -0.05) is 0 Å². The second-order valence-corrected chi connectivity index (χ2v) is 4.06. The predicted molar refractivity (Wildman–Crippen MR) is 63.9 cm³/mol. The molecule has 0 aliphatic heterocycles. The van der Waals surface area contributed by atoms with E-state index in [1.807, 2.05) is 0 Å². The van der Waals surface area contributed by atoms with Gasteiger partial charge in [0, 0.05) is 13.0 Å². The molecule has 0 radical (unpaired) electrons. The summed E-state index contributed by atoms with van der Waals surface area (Å²) in [6, 6.07) is 3.43. The Morgan fingerprint density at radius 1 is 1.25 bits per heavy atom. The molecule has 0 aliphatic rings. The van der Waals surface area contributed by atoms with Crippen LogP contribution in [0.5, 0.6) is 11.5 Å². The second-order valence-electron chi connectivity index (χ2n) is 3.27. The van der Waals surface area contributed by atoms with Crippen molar-refractivity contribution in [3.8, 4) is 11.5 Å². The van der Waals surface area contributed by atoms with Crippen molar-refractivity contribution >= 4 is 15.9 Å². The maximum Gasteiger partial charge on any atom is 0.137 e. The quantitative estimate of drug-likeness (QED) is 0.869. The number of hydrogen-bond acceptors (Lipinski definition) is 4. The first kappa shape index (κ1) is 13.3. The molecule has 0 fully saturated rings. The van der Waals surface area contributed by atoms with E-state index in [1.54, 1.807) is 26.4 Å². The van der Waals surface area contributed by atoms with Gasteiger partial charge in [0.2, 0.25) is 0 Å². The summed E-state index contributed by atoms with van der Waals surface area (Å²) >= 11 is 3.34. The van der Waals surface area contributed by atoms with E-state index in [-0.39, 0.29) is 13.0 Å². The van der Waals surface area contributed by atoms with Gasteiger partial charge in [0.05, 0.1) is 20.3 Å². The number of benzene rings is 1. The first-order valence-corrected chi connectivity index (χ1v) is 5.63. The summed E-state index contributed by atoms with van der Waals surface area (Å²) in [4.78, 5) is 0. The van der Waals surface area contributed by atoms with Crippen LogP contribution in [0.3, 0.4) is 0 Å². The zero-order chi connectivity index (χ0) is 12.1. The monoisotopic (exact) mass is 290 g/mol. The van der Waals surface area contributed by atoms with Crippen molar-refractivity contribution in [2.45, 2.75) is 12.5 Å². The highest BCUT2D eigenvalue weighted by Gasteiger charge is 2.14. The normalized spacial score (nSPS) is 12.3. The third-order valence-electron chi connectivity index (χ3n) is 2.26. The van der Waals surface area contributed by atoms with Crippen molar-refractivity contribution in [2.75, 3.05) is 20.8 Å². The van der Waals surface area contributed by atoms with Crippen LogP contribution in [-0.2, 0) is 0 Å². The molecular weight excluding hydrogens is 276 g/mol. The maximum atomic E-state index is 9.76. The van der Waals surface area contributed by atoms with Gasteiger partial charge in [-0.3, -0.25) is 0 Å². The molecule has 90 valence electrons. The molecule has 0 bridgehead atoms. The molecule has 1 aromatic rings. The molecule has 1 aromatic carbocycles. The van der Waals surface area contributed by atoms with Crippen LogP contribution in [0.15, 0.2) is 16.6 Å². The molecule has 1 atom stereocenters. The number of aliphatic hydroxyl groups excluding tert-OH is 2. The van der Waals surface area contributed by atoms with Crippen molar-refractivity contribution < 1.29 is 19.7 Å². The van der Waals surface area contributed by atoms with E-state index < -0.39 is 6.10 Å². The van der Waals surface area contributed by atoms with Crippen LogP contribution < -0.4 is 9.47 Å². The summed E-state index contributed by atoms with van der Waals surface area (Å²) in [5, 5.41) is 18.5. The summed E-state index contributed by atoms with van der Waals surface area (Å²) in [7, 11) is 3.09. The van der Waals surface area contributed by atoms with E-state index in [0.717, 1.165) is 0 Å². The van der Waals surface area contributed by atoms with Crippen molar-refractivity contribution in [3.05, 3.63) is 22.2 Å². The molecule has 5 heteroatoms. The fourth-order valence-corrected chi connectivity index (χ4v) is 1.92. The first-order chi connectivity index (χ1) is 7.63. The standard InChI is InChI=1S/C11H15BrO4/c1-15-9-5-7(8(14)3-4-13)6-10(16-2)11(9)12/h5-6,8,13-14H,3-4H2,1-2H3. The summed E-state index contributed by atoms with van der Waals surface area (Å²) in [6.45, 7) is -0.0676. The van der Waals surface area contributed by atoms with Gasteiger partial charge < -0.3 is 19.7 Å². The number of aliphatic hydroxyl groups is 2. The van der Waals surface area contributed by atoms with Crippen molar-refractivity contribution in [2.24, 2.45) is 0 Å². The van der Waals surface area contributed by atoms with Gasteiger partial charge >= 0.3 is 0 Å². The van der Waals surface area contributed by atoms with Crippen molar-refractivity contribution in [1.82, 2.24) is 0 Å². The van der Waals surface area contributed by atoms with E-state index in [1.165, 1.54) is 0 Å². The third kappa shape index (κ3) is 2.87. The fraction of sp³-hybridized carbons (Fsp3) is 0.455. The lowest BCUT2D eigenvalue weighted by molar-refractivity contribution is 0.134. The Balaban J connectivity index is 3.11. The lowest BCUT2D eigenvalue weighted by Gasteiger charge is -2.14. The van der Waals surface area contributed by atoms with Crippen LogP contribution in [0.2, 0.25) is 0 Å². The number of hydrogen-bond donors (Lipinski definition) is 2. The zero-order valence-corrected chi connectivity index (χ0v) is 10.8. The Bertz CT molecular complexity index is 329. The summed E-state index contributed by atoms with van der Waals surface area (Å²) in [6.07, 6.45) is -0.436. The van der Waals surface area contributed by atoms with E-state index in [0.29, 0.717) is 21.5 Å². The van der Waals surface area contributed by atoms with E-state index >= 15 is 0 Å². The topological polar surface area (TPSA) is 58.9 Å². The van der Waals surface area contributed by atoms with Crippen LogP contribution in [0.25, 0.3) is 0 Å². The number of ether oxygens (including phenoxy) is 2. The summed E-state index contributed by atoms with van der Waals surface area (Å²) in [5.41, 5.74) is 0.658. The Hall–Kier alpha value is -0.780.